The Morgan fingerprint density at radius 2 is 0.929 bits per heavy atom. The molecule has 3 aromatic carbocycles. The summed E-state index contributed by atoms with van der Waals surface area (Å²) >= 11 is 0. The standard InChI is InChI=1S/C26H32N2/c1-3-5-9-21-13-17-23(18-14-21)27-25-11-7-8-12-26(25)28-24-19-15-22(16-20-24)10-6-4-2/h7-8,11-20,27-28H,3-6,9-10H2,1-2H3. The Morgan fingerprint density at radius 3 is 1.29 bits per heavy atom. The lowest BCUT2D eigenvalue weighted by Gasteiger charge is -2.15. The molecule has 2 N–H and O–H groups in total. The average molecular weight is 373 g/mol. The average Bonchev–Trinajstić information content (AvgIpc) is 2.74. The van der Waals surface area contributed by atoms with E-state index in [0.717, 1.165) is 35.6 Å². The monoisotopic (exact) mass is 372 g/mol. The SMILES string of the molecule is CCCCc1ccc(Nc2ccccc2Nc2ccc(CCCC)cc2)cc1. The second-order valence-electron chi connectivity index (χ2n) is 7.40. The molecule has 0 bridgehead atoms. The summed E-state index contributed by atoms with van der Waals surface area (Å²) < 4.78 is 0. The van der Waals surface area contributed by atoms with Crippen LogP contribution in [-0.4, -0.2) is 0 Å². The van der Waals surface area contributed by atoms with Crippen LogP contribution in [0.25, 0.3) is 0 Å². The van der Waals surface area contributed by atoms with E-state index < -0.39 is 0 Å². The van der Waals surface area contributed by atoms with Gasteiger partial charge in [-0.15, -0.1) is 0 Å². The van der Waals surface area contributed by atoms with Crippen LogP contribution in [-0.2, 0) is 12.8 Å². The van der Waals surface area contributed by atoms with Crippen LogP contribution in [0.5, 0.6) is 0 Å². The van der Waals surface area contributed by atoms with Gasteiger partial charge in [0, 0.05) is 11.4 Å². The van der Waals surface area contributed by atoms with E-state index in [4.69, 9.17) is 0 Å². The van der Waals surface area contributed by atoms with Crippen molar-refractivity contribution in [1.29, 1.82) is 0 Å². The number of para-hydroxylation sites is 2. The van der Waals surface area contributed by atoms with Gasteiger partial charge in [0.2, 0.25) is 0 Å². The molecule has 0 saturated carbocycles. The summed E-state index contributed by atoms with van der Waals surface area (Å²) in [6.45, 7) is 4.47. The molecule has 146 valence electrons. The predicted molar refractivity (Wildman–Crippen MR) is 123 cm³/mol. The van der Waals surface area contributed by atoms with Crippen LogP contribution in [0.3, 0.4) is 0 Å². The molecular weight excluding hydrogens is 340 g/mol. The zero-order chi connectivity index (χ0) is 19.6. The highest BCUT2D eigenvalue weighted by Crippen LogP contribution is 2.28. The van der Waals surface area contributed by atoms with Crippen molar-refractivity contribution < 1.29 is 0 Å². The van der Waals surface area contributed by atoms with Gasteiger partial charge in [-0.3, -0.25) is 0 Å². The fourth-order valence-corrected chi connectivity index (χ4v) is 3.28. The maximum atomic E-state index is 3.55. The summed E-state index contributed by atoms with van der Waals surface area (Å²) in [7, 11) is 0. The molecule has 0 amide bonds. The van der Waals surface area contributed by atoms with E-state index in [1.54, 1.807) is 0 Å². The van der Waals surface area contributed by atoms with Crippen molar-refractivity contribution in [3.05, 3.63) is 83.9 Å². The summed E-state index contributed by atoms with van der Waals surface area (Å²) in [6.07, 6.45) is 7.27. The highest BCUT2D eigenvalue weighted by molar-refractivity contribution is 5.78. The molecule has 2 heteroatoms. The van der Waals surface area contributed by atoms with Gasteiger partial charge in [0.25, 0.3) is 0 Å². The topological polar surface area (TPSA) is 24.1 Å². The molecule has 0 atom stereocenters. The molecule has 0 aliphatic carbocycles. The molecule has 3 aromatic rings. The quantitative estimate of drug-likeness (QED) is 0.378. The van der Waals surface area contributed by atoms with Crippen molar-refractivity contribution >= 4 is 22.7 Å². The molecule has 0 unspecified atom stereocenters. The summed E-state index contributed by atoms with van der Waals surface area (Å²) in [6, 6.07) is 25.9. The van der Waals surface area contributed by atoms with Crippen molar-refractivity contribution in [2.45, 2.75) is 52.4 Å². The molecule has 0 aromatic heterocycles. The minimum absolute atomic E-state index is 1.08. The molecule has 0 aliphatic rings. The summed E-state index contributed by atoms with van der Waals surface area (Å²) in [5.41, 5.74) is 7.20. The van der Waals surface area contributed by atoms with E-state index in [-0.39, 0.29) is 0 Å². The van der Waals surface area contributed by atoms with E-state index in [9.17, 15) is 0 Å². The number of unbranched alkanes of at least 4 members (excludes halogenated alkanes) is 2. The number of hydrogen-bond donors (Lipinski definition) is 2. The van der Waals surface area contributed by atoms with Crippen molar-refractivity contribution in [1.82, 2.24) is 0 Å². The van der Waals surface area contributed by atoms with Gasteiger partial charge in [-0.05, 0) is 73.2 Å². The number of anilines is 4. The van der Waals surface area contributed by atoms with E-state index in [1.165, 1.54) is 36.8 Å². The van der Waals surface area contributed by atoms with Crippen molar-refractivity contribution in [2.24, 2.45) is 0 Å². The number of benzene rings is 3. The summed E-state index contributed by atoms with van der Waals surface area (Å²) in [5, 5.41) is 7.11. The fourth-order valence-electron chi connectivity index (χ4n) is 3.28. The maximum absolute atomic E-state index is 3.55. The number of rotatable bonds is 10. The summed E-state index contributed by atoms with van der Waals surface area (Å²) in [4.78, 5) is 0. The Balaban J connectivity index is 1.67. The van der Waals surface area contributed by atoms with Crippen molar-refractivity contribution in [3.63, 3.8) is 0 Å². The first-order valence-electron chi connectivity index (χ1n) is 10.6. The molecule has 0 heterocycles. The Morgan fingerprint density at radius 1 is 0.536 bits per heavy atom. The number of hydrogen-bond acceptors (Lipinski definition) is 2. The van der Waals surface area contributed by atoms with Gasteiger partial charge in [-0.2, -0.15) is 0 Å². The molecule has 0 fully saturated rings. The molecule has 0 spiro atoms. The third-order valence-electron chi connectivity index (χ3n) is 5.03. The lowest BCUT2D eigenvalue weighted by atomic mass is 10.1. The third kappa shape index (κ3) is 5.88. The van der Waals surface area contributed by atoms with Crippen LogP contribution in [0.2, 0.25) is 0 Å². The fraction of sp³-hybridized carbons (Fsp3) is 0.308. The van der Waals surface area contributed by atoms with Gasteiger partial charge < -0.3 is 10.6 Å². The zero-order valence-corrected chi connectivity index (χ0v) is 17.2. The Bertz CT molecular complexity index is 763. The lowest BCUT2D eigenvalue weighted by molar-refractivity contribution is 0.795. The van der Waals surface area contributed by atoms with E-state index in [2.05, 4.69) is 97.3 Å². The van der Waals surface area contributed by atoms with Crippen LogP contribution in [0, 0.1) is 0 Å². The Kier molecular flexibility index (Phi) is 7.54. The number of nitrogens with one attached hydrogen (secondary N) is 2. The third-order valence-corrected chi connectivity index (χ3v) is 5.03. The molecule has 28 heavy (non-hydrogen) atoms. The number of aryl methyl sites for hydroxylation is 2. The van der Waals surface area contributed by atoms with Gasteiger partial charge in [0.15, 0.2) is 0 Å². The Hall–Kier alpha value is -2.74. The molecule has 0 radical (unpaired) electrons. The maximum Gasteiger partial charge on any atom is 0.0623 e. The van der Waals surface area contributed by atoms with E-state index >= 15 is 0 Å². The first kappa shape index (κ1) is 20.0. The molecular formula is C26H32N2. The molecule has 3 rings (SSSR count). The smallest absolute Gasteiger partial charge is 0.0623 e. The Labute approximate surface area is 170 Å². The van der Waals surface area contributed by atoms with E-state index in [1.807, 2.05) is 0 Å². The largest absolute Gasteiger partial charge is 0.354 e. The molecule has 0 saturated heterocycles. The van der Waals surface area contributed by atoms with Gasteiger partial charge in [0.05, 0.1) is 11.4 Å². The van der Waals surface area contributed by atoms with Gasteiger partial charge in [0.1, 0.15) is 0 Å². The van der Waals surface area contributed by atoms with Crippen molar-refractivity contribution in [3.8, 4) is 0 Å². The molecule has 0 aliphatic heterocycles. The highest BCUT2D eigenvalue weighted by atomic mass is 15.0. The predicted octanol–water partition coefficient (Wildman–Crippen LogP) is 7.86. The highest BCUT2D eigenvalue weighted by Gasteiger charge is 2.04. The summed E-state index contributed by atoms with van der Waals surface area (Å²) in [5.74, 6) is 0. The van der Waals surface area contributed by atoms with Gasteiger partial charge in [-0.25, -0.2) is 0 Å². The van der Waals surface area contributed by atoms with Crippen LogP contribution >= 0.6 is 0 Å². The van der Waals surface area contributed by atoms with Gasteiger partial charge >= 0.3 is 0 Å². The van der Waals surface area contributed by atoms with Crippen LogP contribution in [0.1, 0.15) is 50.7 Å². The van der Waals surface area contributed by atoms with Crippen LogP contribution < -0.4 is 10.6 Å². The first-order valence-corrected chi connectivity index (χ1v) is 10.6. The minimum atomic E-state index is 1.08. The van der Waals surface area contributed by atoms with Crippen molar-refractivity contribution in [2.75, 3.05) is 10.6 Å². The van der Waals surface area contributed by atoms with Crippen LogP contribution in [0.4, 0.5) is 22.7 Å². The van der Waals surface area contributed by atoms with Crippen LogP contribution in [0.15, 0.2) is 72.8 Å². The zero-order valence-electron chi connectivity index (χ0n) is 17.2. The first-order chi connectivity index (χ1) is 13.8. The molecule has 2 nitrogen and oxygen atoms in total. The second-order valence-corrected chi connectivity index (χ2v) is 7.40. The normalized spacial score (nSPS) is 10.6. The minimum Gasteiger partial charge on any atom is -0.354 e. The van der Waals surface area contributed by atoms with E-state index in [0.29, 0.717) is 0 Å². The second kappa shape index (κ2) is 10.6. The lowest BCUT2D eigenvalue weighted by Crippen LogP contribution is -1.98. The van der Waals surface area contributed by atoms with Gasteiger partial charge in [-0.1, -0.05) is 63.1 Å².